The van der Waals surface area contributed by atoms with Gasteiger partial charge in [-0.15, -0.1) is 0 Å². The van der Waals surface area contributed by atoms with E-state index in [0.29, 0.717) is 23.7 Å². The van der Waals surface area contributed by atoms with Crippen molar-refractivity contribution >= 4 is 11.8 Å². The van der Waals surface area contributed by atoms with E-state index in [0.717, 1.165) is 12.8 Å². The van der Waals surface area contributed by atoms with Crippen molar-refractivity contribution in [3.05, 3.63) is 35.4 Å². The van der Waals surface area contributed by atoms with Crippen molar-refractivity contribution in [1.82, 2.24) is 0 Å². The molecular formula is C17H26N2O3. The van der Waals surface area contributed by atoms with Crippen LogP contribution in [0.25, 0.3) is 0 Å². The first-order valence-corrected chi connectivity index (χ1v) is 7.48. The highest BCUT2D eigenvalue weighted by Gasteiger charge is 2.16. The van der Waals surface area contributed by atoms with Crippen molar-refractivity contribution in [2.75, 3.05) is 6.61 Å². The number of benzene rings is 1. The first kappa shape index (κ1) is 18.0. The van der Waals surface area contributed by atoms with E-state index in [9.17, 15) is 4.79 Å². The van der Waals surface area contributed by atoms with Gasteiger partial charge in [-0.25, -0.2) is 4.79 Å². The minimum atomic E-state index is -0.393. The predicted molar refractivity (Wildman–Crippen MR) is 87.1 cm³/mol. The molecule has 1 aromatic carbocycles. The Kier molecular flexibility index (Phi) is 6.40. The van der Waals surface area contributed by atoms with Crippen molar-refractivity contribution in [3.8, 4) is 0 Å². The largest absolute Gasteiger partial charge is 0.462 e. The Morgan fingerprint density at radius 1 is 1.36 bits per heavy atom. The Morgan fingerprint density at radius 3 is 2.59 bits per heavy atom. The molecule has 0 aromatic heterocycles. The summed E-state index contributed by atoms with van der Waals surface area (Å²) in [5.74, 6) is 0.0697. The standard InChI is InChI=1S/C17H26N2O3/c1-12(11-17(2,3)4)8-9-22-16(20)14-7-5-6-13(10-14)15(18)19-21/h5-7,10,12,21H,8-9,11H2,1-4H3,(H2,18,19). The lowest BCUT2D eigenvalue weighted by Gasteiger charge is -2.23. The molecule has 1 rings (SSSR count). The molecule has 5 nitrogen and oxygen atoms in total. The predicted octanol–water partition coefficient (Wildman–Crippen LogP) is 3.40. The summed E-state index contributed by atoms with van der Waals surface area (Å²) < 4.78 is 5.30. The number of esters is 1. The second-order valence-electron chi connectivity index (χ2n) is 6.86. The zero-order valence-electron chi connectivity index (χ0n) is 13.8. The van der Waals surface area contributed by atoms with Crippen LogP contribution in [0.1, 0.15) is 56.5 Å². The first-order valence-electron chi connectivity index (χ1n) is 7.48. The Balaban J connectivity index is 2.53. The number of hydrogen-bond donors (Lipinski definition) is 2. The molecule has 22 heavy (non-hydrogen) atoms. The molecular weight excluding hydrogens is 280 g/mol. The van der Waals surface area contributed by atoms with E-state index < -0.39 is 5.97 Å². The number of nitrogens with zero attached hydrogens (tertiary/aromatic N) is 1. The molecule has 1 unspecified atom stereocenters. The van der Waals surface area contributed by atoms with Gasteiger partial charge in [-0.3, -0.25) is 0 Å². The second-order valence-corrected chi connectivity index (χ2v) is 6.86. The molecule has 5 heteroatoms. The van der Waals surface area contributed by atoms with E-state index >= 15 is 0 Å². The van der Waals surface area contributed by atoms with Gasteiger partial charge in [-0.2, -0.15) is 0 Å². The average Bonchev–Trinajstić information content (AvgIpc) is 2.44. The maximum atomic E-state index is 12.0. The van der Waals surface area contributed by atoms with Crippen molar-refractivity contribution in [2.45, 2.75) is 40.5 Å². The average molecular weight is 306 g/mol. The molecule has 3 N–H and O–H groups in total. The third kappa shape index (κ3) is 6.16. The maximum absolute atomic E-state index is 12.0. The summed E-state index contributed by atoms with van der Waals surface area (Å²) in [4.78, 5) is 12.0. The van der Waals surface area contributed by atoms with Crippen LogP contribution in [0.4, 0.5) is 0 Å². The Morgan fingerprint density at radius 2 is 2.00 bits per heavy atom. The Bertz CT molecular complexity index is 533. The molecule has 1 aromatic rings. The summed E-state index contributed by atoms with van der Waals surface area (Å²) in [6, 6.07) is 6.54. The van der Waals surface area contributed by atoms with Crippen LogP contribution in [0.2, 0.25) is 0 Å². The summed E-state index contributed by atoms with van der Waals surface area (Å²) in [6.45, 7) is 9.17. The fourth-order valence-corrected chi connectivity index (χ4v) is 2.45. The molecule has 0 radical (unpaired) electrons. The molecule has 0 spiro atoms. The monoisotopic (exact) mass is 306 g/mol. The maximum Gasteiger partial charge on any atom is 0.338 e. The molecule has 0 fully saturated rings. The van der Waals surface area contributed by atoms with Crippen LogP contribution in [0.5, 0.6) is 0 Å². The van der Waals surface area contributed by atoms with Crippen molar-refractivity contribution in [3.63, 3.8) is 0 Å². The number of nitrogens with two attached hydrogens (primary N) is 1. The fraction of sp³-hybridized carbons (Fsp3) is 0.529. The van der Waals surface area contributed by atoms with Crippen LogP contribution < -0.4 is 5.73 Å². The number of carbonyl (C=O) groups is 1. The number of amidine groups is 1. The summed E-state index contributed by atoms with van der Waals surface area (Å²) in [5.41, 5.74) is 6.67. The lowest BCUT2D eigenvalue weighted by molar-refractivity contribution is 0.0478. The summed E-state index contributed by atoms with van der Waals surface area (Å²) in [6.07, 6.45) is 1.92. The summed E-state index contributed by atoms with van der Waals surface area (Å²) in [5, 5.41) is 11.6. The molecule has 0 amide bonds. The summed E-state index contributed by atoms with van der Waals surface area (Å²) >= 11 is 0. The highest BCUT2D eigenvalue weighted by molar-refractivity contribution is 5.99. The van der Waals surface area contributed by atoms with E-state index in [2.05, 4.69) is 32.9 Å². The van der Waals surface area contributed by atoms with Gasteiger partial charge in [-0.1, -0.05) is 45.0 Å². The van der Waals surface area contributed by atoms with Gasteiger partial charge in [0.15, 0.2) is 5.84 Å². The van der Waals surface area contributed by atoms with E-state index in [1.807, 2.05) is 0 Å². The van der Waals surface area contributed by atoms with Gasteiger partial charge >= 0.3 is 5.97 Å². The number of hydrogen-bond acceptors (Lipinski definition) is 4. The van der Waals surface area contributed by atoms with Crippen LogP contribution in [0, 0.1) is 11.3 Å². The first-order chi connectivity index (χ1) is 10.2. The Hall–Kier alpha value is -2.04. The molecule has 0 aliphatic carbocycles. The van der Waals surface area contributed by atoms with Gasteiger partial charge in [0, 0.05) is 5.56 Å². The third-order valence-corrected chi connectivity index (χ3v) is 3.31. The molecule has 0 bridgehead atoms. The van der Waals surface area contributed by atoms with Crippen LogP contribution in [0.15, 0.2) is 29.4 Å². The summed E-state index contributed by atoms with van der Waals surface area (Å²) in [7, 11) is 0. The molecule has 0 heterocycles. The van der Waals surface area contributed by atoms with E-state index in [1.165, 1.54) is 0 Å². The van der Waals surface area contributed by atoms with Crippen molar-refractivity contribution in [1.29, 1.82) is 0 Å². The van der Waals surface area contributed by atoms with E-state index in [4.69, 9.17) is 15.7 Å². The van der Waals surface area contributed by atoms with Gasteiger partial charge < -0.3 is 15.7 Å². The molecule has 0 aliphatic heterocycles. The van der Waals surface area contributed by atoms with Crippen LogP contribution in [0.3, 0.4) is 0 Å². The highest BCUT2D eigenvalue weighted by Crippen LogP contribution is 2.25. The number of ether oxygens (including phenoxy) is 1. The minimum absolute atomic E-state index is 0.0338. The SMILES string of the molecule is CC(CCOC(=O)c1cccc(/C(N)=N/O)c1)CC(C)(C)C. The Labute approximate surface area is 132 Å². The fourth-order valence-electron chi connectivity index (χ4n) is 2.45. The quantitative estimate of drug-likeness (QED) is 0.277. The normalized spacial score (nSPS) is 13.7. The minimum Gasteiger partial charge on any atom is -0.462 e. The van der Waals surface area contributed by atoms with Gasteiger partial charge in [0.25, 0.3) is 0 Å². The zero-order chi connectivity index (χ0) is 16.8. The molecule has 0 saturated heterocycles. The highest BCUT2D eigenvalue weighted by atomic mass is 16.5. The van der Waals surface area contributed by atoms with Gasteiger partial charge in [-0.05, 0) is 36.3 Å². The lowest BCUT2D eigenvalue weighted by Crippen LogP contribution is -2.16. The third-order valence-electron chi connectivity index (χ3n) is 3.31. The van der Waals surface area contributed by atoms with E-state index in [-0.39, 0.29) is 11.3 Å². The van der Waals surface area contributed by atoms with Crippen LogP contribution in [-0.2, 0) is 4.74 Å². The molecule has 1 atom stereocenters. The molecule has 122 valence electrons. The molecule has 0 saturated carbocycles. The van der Waals surface area contributed by atoms with Crippen molar-refractivity contribution < 1.29 is 14.7 Å². The van der Waals surface area contributed by atoms with E-state index in [1.54, 1.807) is 24.3 Å². The van der Waals surface area contributed by atoms with Crippen LogP contribution >= 0.6 is 0 Å². The van der Waals surface area contributed by atoms with Gasteiger partial charge in [0.2, 0.25) is 0 Å². The van der Waals surface area contributed by atoms with Gasteiger partial charge in [0.1, 0.15) is 0 Å². The smallest absolute Gasteiger partial charge is 0.338 e. The molecule has 0 aliphatic rings. The van der Waals surface area contributed by atoms with Crippen molar-refractivity contribution in [2.24, 2.45) is 22.2 Å². The topological polar surface area (TPSA) is 84.9 Å². The number of carbonyl (C=O) groups excluding carboxylic acids is 1. The number of oxime groups is 1. The zero-order valence-corrected chi connectivity index (χ0v) is 13.8. The second kappa shape index (κ2) is 7.82. The number of rotatable bonds is 6. The van der Waals surface area contributed by atoms with Crippen LogP contribution in [-0.4, -0.2) is 23.6 Å². The lowest BCUT2D eigenvalue weighted by atomic mass is 9.84. The van der Waals surface area contributed by atoms with Gasteiger partial charge in [0.05, 0.1) is 12.2 Å².